The van der Waals surface area contributed by atoms with Gasteiger partial charge >= 0.3 is 5.97 Å². The highest BCUT2D eigenvalue weighted by atomic mass is 32.2. The average molecular weight is 530 g/mol. The number of fused-ring (bicyclic) bond motifs is 3. The predicted octanol–water partition coefficient (Wildman–Crippen LogP) is 5.80. The highest BCUT2D eigenvalue weighted by Crippen LogP contribution is 2.36. The first kappa shape index (κ1) is 24.7. The van der Waals surface area contributed by atoms with Crippen LogP contribution in [0.15, 0.2) is 78.5 Å². The Morgan fingerprint density at radius 1 is 1.14 bits per heavy atom. The summed E-state index contributed by atoms with van der Waals surface area (Å²) >= 11 is 2.51. The predicted molar refractivity (Wildman–Crippen MR) is 148 cm³/mol. The van der Waals surface area contributed by atoms with E-state index < -0.39 is 5.97 Å². The van der Waals surface area contributed by atoms with Gasteiger partial charge in [-0.2, -0.15) is 0 Å². The molecule has 1 amide bonds. The van der Waals surface area contributed by atoms with Crippen molar-refractivity contribution < 1.29 is 14.3 Å². The van der Waals surface area contributed by atoms with Crippen molar-refractivity contribution >= 4 is 62.0 Å². The molecule has 0 bridgehead atoms. The Bertz CT molecular complexity index is 1610. The molecule has 2 aromatic carbocycles. The maximum absolute atomic E-state index is 12.9. The molecular weight excluding hydrogens is 506 g/mol. The number of carbonyl (C=O) groups excluding carboxylic acids is 2. The number of esters is 1. The molecule has 37 heavy (non-hydrogen) atoms. The standard InChI is InChI=1S/C27H23N5O3S2/c1-3-14-32-20-13-9-8-12-18(20)23-24(32)29-27(31-30-23)36-16-22(33)28-25-19(26(34)35-4-2)15-21(37-25)17-10-6-5-7-11-17/h3,5-13,15H,1,4,14,16H2,2H3,(H,28,33). The van der Waals surface area contributed by atoms with Crippen LogP contribution >= 0.6 is 23.1 Å². The molecule has 0 unspecified atom stereocenters. The zero-order valence-corrected chi connectivity index (χ0v) is 21.6. The molecule has 0 aliphatic heterocycles. The number of amides is 1. The van der Waals surface area contributed by atoms with Crippen molar-refractivity contribution in [1.82, 2.24) is 19.7 Å². The van der Waals surface area contributed by atoms with E-state index in [2.05, 4.69) is 27.1 Å². The van der Waals surface area contributed by atoms with Crippen LogP contribution in [0.25, 0.3) is 32.5 Å². The third-order valence-electron chi connectivity index (χ3n) is 5.54. The lowest BCUT2D eigenvalue weighted by Gasteiger charge is -2.06. The summed E-state index contributed by atoms with van der Waals surface area (Å²) in [5.41, 5.74) is 3.68. The van der Waals surface area contributed by atoms with E-state index in [9.17, 15) is 9.59 Å². The van der Waals surface area contributed by atoms with Crippen molar-refractivity contribution in [3.63, 3.8) is 0 Å². The van der Waals surface area contributed by atoms with Crippen LogP contribution in [0.5, 0.6) is 0 Å². The number of rotatable bonds is 9. The fourth-order valence-electron chi connectivity index (χ4n) is 3.95. The number of para-hydroxylation sites is 1. The van der Waals surface area contributed by atoms with Gasteiger partial charge in [0.25, 0.3) is 0 Å². The van der Waals surface area contributed by atoms with Gasteiger partial charge < -0.3 is 14.6 Å². The Labute approximate surface area is 221 Å². The van der Waals surface area contributed by atoms with E-state index in [-0.39, 0.29) is 18.3 Å². The molecule has 0 saturated carbocycles. The number of ether oxygens (including phenoxy) is 1. The number of thiophene rings is 1. The number of hydrogen-bond acceptors (Lipinski definition) is 8. The van der Waals surface area contributed by atoms with Gasteiger partial charge in [0.05, 0.1) is 23.4 Å². The summed E-state index contributed by atoms with van der Waals surface area (Å²) in [5.74, 6) is -0.709. The van der Waals surface area contributed by atoms with Gasteiger partial charge in [0.15, 0.2) is 5.65 Å². The van der Waals surface area contributed by atoms with Gasteiger partial charge in [-0.3, -0.25) is 4.79 Å². The van der Waals surface area contributed by atoms with Gasteiger partial charge in [-0.1, -0.05) is 66.4 Å². The maximum atomic E-state index is 12.9. The van der Waals surface area contributed by atoms with E-state index in [1.165, 1.54) is 23.1 Å². The molecular formula is C27H23N5O3S2. The second kappa shape index (κ2) is 10.9. The number of nitrogens with zero attached hydrogens (tertiary/aromatic N) is 4. The first-order valence-corrected chi connectivity index (χ1v) is 13.4. The van der Waals surface area contributed by atoms with Crippen LogP contribution in [0.4, 0.5) is 5.00 Å². The second-order valence-electron chi connectivity index (χ2n) is 7.96. The third-order valence-corrected chi connectivity index (χ3v) is 7.47. The number of nitrogens with one attached hydrogen (secondary N) is 1. The van der Waals surface area contributed by atoms with Crippen molar-refractivity contribution in [2.24, 2.45) is 0 Å². The highest BCUT2D eigenvalue weighted by molar-refractivity contribution is 7.99. The van der Waals surface area contributed by atoms with Crippen LogP contribution in [0.3, 0.4) is 0 Å². The summed E-state index contributed by atoms with van der Waals surface area (Å²) in [6.07, 6.45) is 1.81. The van der Waals surface area contributed by atoms with Gasteiger partial charge in [0.2, 0.25) is 11.1 Å². The van der Waals surface area contributed by atoms with E-state index in [1.807, 2.05) is 59.2 Å². The molecule has 186 valence electrons. The van der Waals surface area contributed by atoms with Gasteiger partial charge in [0, 0.05) is 16.8 Å². The van der Waals surface area contributed by atoms with Crippen LogP contribution in [0, 0.1) is 0 Å². The van der Waals surface area contributed by atoms with Crippen LogP contribution in [0.2, 0.25) is 0 Å². The normalized spacial score (nSPS) is 11.1. The minimum absolute atomic E-state index is 0.0513. The maximum Gasteiger partial charge on any atom is 0.341 e. The minimum Gasteiger partial charge on any atom is -0.462 e. The van der Waals surface area contributed by atoms with Crippen LogP contribution < -0.4 is 5.32 Å². The number of thioether (sulfide) groups is 1. The van der Waals surface area contributed by atoms with E-state index >= 15 is 0 Å². The zero-order chi connectivity index (χ0) is 25.8. The summed E-state index contributed by atoms with van der Waals surface area (Å²) in [7, 11) is 0. The van der Waals surface area contributed by atoms with Crippen molar-refractivity contribution in [2.45, 2.75) is 18.6 Å². The lowest BCUT2D eigenvalue weighted by molar-refractivity contribution is -0.113. The van der Waals surface area contributed by atoms with Crippen molar-refractivity contribution in [3.05, 3.63) is 78.9 Å². The monoisotopic (exact) mass is 529 g/mol. The highest BCUT2D eigenvalue weighted by Gasteiger charge is 2.20. The van der Waals surface area contributed by atoms with Gasteiger partial charge in [-0.05, 0) is 24.6 Å². The molecule has 1 N–H and O–H groups in total. The van der Waals surface area contributed by atoms with E-state index in [0.717, 1.165) is 21.3 Å². The Morgan fingerprint density at radius 3 is 2.70 bits per heavy atom. The SMILES string of the molecule is C=CCn1c2ccccc2c2nnc(SCC(=O)Nc3sc(-c4ccccc4)cc3C(=O)OCC)nc21. The van der Waals surface area contributed by atoms with Gasteiger partial charge in [0.1, 0.15) is 10.5 Å². The van der Waals surface area contributed by atoms with Crippen molar-refractivity contribution in [3.8, 4) is 10.4 Å². The van der Waals surface area contributed by atoms with E-state index in [1.54, 1.807) is 19.1 Å². The Morgan fingerprint density at radius 2 is 1.92 bits per heavy atom. The van der Waals surface area contributed by atoms with Gasteiger partial charge in [-0.15, -0.1) is 28.1 Å². The summed E-state index contributed by atoms with van der Waals surface area (Å²) < 4.78 is 7.23. The average Bonchev–Trinajstić information content (AvgIpc) is 3.48. The van der Waals surface area contributed by atoms with Crippen LogP contribution in [-0.2, 0) is 16.1 Å². The first-order valence-electron chi connectivity index (χ1n) is 11.6. The second-order valence-corrected chi connectivity index (χ2v) is 9.95. The number of aromatic nitrogens is 4. The van der Waals surface area contributed by atoms with Gasteiger partial charge in [-0.25, -0.2) is 9.78 Å². The summed E-state index contributed by atoms with van der Waals surface area (Å²) in [6, 6.07) is 19.3. The largest absolute Gasteiger partial charge is 0.462 e. The fraction of sp³-hybridized carbons (Fsp3) is 0.148. The topological polar surface area (TPSA) is 99.0 Å². The first-order chi connectivity index (χ1) is 18.1. The number of anilines is 1. The lowest BCUT2D eigenvalue weighted by Crippen LogP contribution is -2.16. The number of carbonyl (C=O) groups is 2. The molecule has 8 nitrogen and oxygen atoms in total. The zero-order valence-electron chi connectivity index (χ0n) is 20.0. The summed E-state index contributed by atoms with van der Waals surface area (Å²) in [6.45, 7) is 6.41. The van der Waals surface area contributed by atoms with E-state index in [0.29, 0.717) is 33.4 Å². The smallest absolute Gasteiger partial charge is 0.341 e. The van der Waals surface area contributed by atoms with Crippen LogP contribution in [-0.4, -0.2) is 44.0 Å². The number of hydrogen-bond donors (Lipinski definition) is 1. The third kappa shape index (κ3) is 5.11. The Balaban J connectivity index is 1.36. The molecule has 0 aliphatic rings. The summed E-state index contributed by atoms with van der Waals surface area (Å²) in [4.78, 5) is 30.9. The minimum atomic E-state index is -0.475. The molecule has 5 aromatic rings. The number of allylic oxidation sites excluding steroid dienone is 1. The fourth-order valence-corrected chi connectivity index (χ4v) is 5.60. The Kier molecular flexibility index (Phi) is 7.29. The number of benzene rings is 2. The molecule has 5 rings (SSSR count). The molecule has 0 saturated heterocycles. The molecule has 3 heterocycles. The molecule has 0 radical (unpaired) electrons. The molecule has 0 atom stereocenters. The molecule has 0 fully saturated rings. The van der Waals surface area contributed by atoms with Crippen molar-refractivity contribution in [1.29, 1.82) is 0 Å². The molecule has 10 heteroatoms. The molecule has 0 aliphatic carbocycles. The molecule has 3 aromatic heterocycles. The van der Waals surface area contributed by atoms with E-state index in [4.69, 9.17) is 4.74 Å². The molecule has 0 spiro atoms. The van der Waals surface area contributed by atoms with Crippen molar-refractivity contribution in [2.75, 3.05) is 17.7 Å². The Hall–Kier alpha value is -4.02. The quantitative estimate of drug-likeness (QED) is 0.146. The van der Waals surface area contributed by atoms with Crippen LogP contribution in [0.1, 0.15) is 17.3 Å². The lowest BCUT2D eigenvalue weighted by atomic mass is 10.1. The summed E-state index contributed by atoms with van der Waals surface area (Å²) in [5, 5.41) is 13.3.